The molecule has 0 aliphatic carbocycles. The van der Waals surface area contributed by atoms with Crippen LogP contribution in [-0.2, 0) is 0 Å². The lowest BCUT2D eigenvalue weighted by molar-refractivity contribution is 0.959. The van der Waals surface area contributed by atoms with E-state index < -0.39 is 0 Å². The van der Waals surface area contributed by atoms with Crippen molar-refractivity contribution >= 4 is 0 Å². The second kappa shape index (κ2) is 5.90. The number of aryl methyl sites for hydroxylation is 4. The van der Waals surface area contributed by atoms with Crippen molar-refractivity contribution in [2.24, 2.45) is 0 Å². The van der Waals surface area contributed by atoms with Crippen molar-refractivity contribution in [1.29, 1.82) is 0 Å². The fourth-order valence-corrected chi connectivity index (χ4v) is 1.08. The van der Waals surface area contributed by atoms with E-state index in [9.17, 15) is 0 Å². The Morgan fingerprint density at radius 3 is 1.00 bits per heavy atom. The third kappa shape index (κ3) is 3.73. The minimum absolute atomic E-state index is 1.03. The number of hydrogen-bond acceptors (Lipinski definition) is 4. The molecule has 16 heavy (non-hydrogen) atoms. The molecule has 0 amide bonds. The predicted molar refractivity (Wildman–Crippen MR) is 63.0 cm³/mol. The first-order chi connectivity index (χ1) is 7.61. The zero-order valence-corrected chi connectivity index (χ0v) is 10.1. The van der Waals surface area contributed by atoms with Gasteiger partial charge in [0.25, 0.3) is 0 Å². The molecule has 84 valence electrons. The lowest BCUT2D eigenvalue weighted by atomic mass is 10.3. The van der Waals surface area contributed by atoms with Gasteiger partial charge in [-0.3, -0.25) is 19.9 Å². The van der Waals surface area contributed by atoms with Gasteiger partial charge in [-0.15, -0.1) is 0 Å². The summed E-state index contributed by atoms with van der Waals surface area (Å²) < 4.78 is 0. The molecule has 0 saturated carbocycles. The Labute approximate surface area is 95.8 Å². The molecule has 0 bridgehead atoms. The molecule has 0 aliphatic heterocycles. The van der Waals surface area contributed by atoms with Crippen molar-refractivity contribution in [2.75, 3.05) is 0 Å². The Kier molecular flexibility index (Phi) is 4.51. The quantitative estimate of drug-likeness (QED) is 0.677. The Hall–Kier alpha value is -1.84. The van der Waals surface area contributed by atoms with Gasteiger partial charge in [-0.25, -0.2) is 0 Å². The average molecular weight is 216 g/mol. The fourth-order valence-electron chi connectivity index (χ4n) is 1.08. The van der Waals surface area contributed by atoms with Crippen LogP contribution in [0.4, 0.5) is 0 Å². The van der Waals surface area contributed by atoms with E-state index in [0.29, 0.717) is 0 Å². The maximum absolute atomic E-state index is 4.31. The van der Waals surface area contributed by atoms with E-state index in [4.69, 9.17) is 0 Å². The summed E-state index contributed by atoms with van der Waals surface area (Å²) in [5.74, 6) is 0. The molecule has 0 saturated heterocycles. The van der Waals surface area contributed by atoms with Crippen molar-refractivity contribution in [2.45, 2.75) is 27.7 Å². The van der Waals surface area contributed by atoms with E-state index in [-0.39, 0.29) is 0 Å². The van der Waals surface area contributed by atoms with Crippen LogP contribution in [0.3, 0.4) is 0 Å². The minimum atomic E-state index is 1.03. The summed E-state index contributed by atoms with van der Waals surface area (Å²) in [5.41, 5.74) is 4.12. The fraction of sp³-hybridized carbons (Fsp3) is 0.333. The van der Waals surface area contributed by atoms with E-state index in [0.717, 1.165) is 22.8 Å². The predicted octanol–water partition coefficient (Wildman–Crippen LogP) is 2.19. The van der Waals surface area contributed by atoms with Crippen LogP contribution in [0.25, 0.3) is 0 Å². The van der Waals surface area contributed by atoms with Crippen LogP contribution < -0.4 is 0 Å². The molecule has 0 N–H and O–H groups in total. The highest BCUT2D eigenvalue weighted by atomic mass is 14.8. The summed E-state index contributed by atoms with van der Waals surface area (Å²) in [5, 5.41) is 0. The number of rotatable bonds is 0. The number of aromatic nitrogens is 4. The van der Waals surface area contributed by atoms with Gasteiger partial charge in [0.05, 0.1) is 22.8 Å². The lowest BCUT2D eigenvalue weighted by Crippen LogP contribution is -1.97. The van der Waals surface area contributed by atoms with Gasteiger partial charge in [0, 0.05) is 24.8 Å². The third-order valence-corrected chi connectivity index (χ3v) is 2.20. The highest BCUT2D eigenvalue weighted by Crippen LogP contribution is 2.04. The molecule has 2 aromatic rings. The molecule has 2 aromatic heterocycles. The van der Waals surface area contributed by atoms with Crippen LogP contribution in [0, 0.1) is 27.7 Å². The van der Waals surface area contributed by atoms with Gasteiger partial charge in [0.2, 0.25) is 0 Å². The molecule has 0 aliphatic rings. The van der Waals surface area contributed by atoms with Crippen molar-refractivity contribution in [3.63, 3.8) is 0 Å². The molecule has 4 heteroatoms. The summed E-state index contributed by atoms with van der Waals surface area (Å²) >= 11 is 0. The third-order valence-electron chi connectivity index (χ3n) is 2.20. The largest absolute Gasteiger partial charge is 0.262 e. The molecule has 0 atom stereocenters. The lowest BCUT2D eigenvalue weighted by Gasteiger charge is -2.01. The van der Waals surface area contributed by atoms with Crippen LogP contribution in [-0.4, -0.2) is 19.9 Å². The summed E-state index contributed by atoms with van der Waals surface area (Å²) in [6, 6.07) is 0. The Morgan fingerprint density at radius 2 is 0.812 bits per heavy atom. The van der Waals surface area contributed by atoms with Crippen molar-refractivity contribution < 1.29 is 0 Å². The zero-order valence-electron chi connectivity index (χ0n) is 10.1. The second-order valence-corrected chi connectivity index (χ2v) is 3.46. The highest BCUT2D eigenvalue weighted by molar-refractivity contribution is 5.16. The summed E-state index contributed by atoms with van der Waals surface area (Å²) in [6.07, 6.45) is 6.56. The maximum Gasteiger partial charge on any atom is 0.0588 e. The topological polar surface area (TPSA) is 51.6 Å². The molecule has 0 unspecified atom stereocenters. The van der Waals surface area contributed by atoms with Gasteiger partial charge < -0.3 is 0 Å². The SMILES string of the molecule is Cc1nc(C)c(C)nc1C.c1cnccn1. The molecule has 2 heterocycles. The highest BCUT2D eigenvalue weighted by Gasteiger charge is 1.98. The van der Waals surface area contributed by atoms with Crippen LogP contribution in [0.15, 0.2) is 24.8 Å². The van der Waals surface area contributed by atoms with E-state index in [1.165, 1.54) is 0 Å². The van der Waals surface area contributed by atoms with Crippen LogP contribution in [0.2, 0.25) is 0 Å². The van der Waals surface area contributed by atoms with Gasteiger partial charge in [0.1, 0.15) is 0 Å². The Bertz CT molecular complexity index is 363. The maximum atomic E-state index is 4.31. The standard InChI is InChI=1S/C8H12N2.C4H4N2/c1-5-6(2)10-8(4)7(3)9-5;1-2-6-4-3-5-1/h1-4H3;1-4H. The number of nitrogens with zero attached hydrogens (tertiary/aromatic N) is 4. The molecule has 2 rings (SSSR count). The van der Waals surface area contributed by atoms with E-state index in [1.54, 1.807) is 24.8 Å². The average Bonchev–Trinajstić information content (AvgIpc) is 2.30. The summed E-state index contributed by atoms with van der Waals surface area (Å²) in [6.45, 7) is 7.92. The van der Waals surface area contributed by atoms with Crippen molar-refractivity contribution in [1.82, 2.24) is 19.9 Å². The van der Waals surface area contributed by atoms with Gasteiger partial charge in [-0.05, 0) is 27.7 Å². The van der Waals surface area contributed by atoms with Crippen LogP contribution in [0.1, 0.15) is 22.8 Å². The first-order valence-electron chi connectivity index (χ1n) is 5.09. The normalized spacial score (nSPS) is 9.25. The van der Waals surface area contributed by atoms with E-state index >= 15 is 0 Å². The van der Waals surface area contributed by atoms with Crippen molar-refractivity contribution in [3.8, 4) is 0 Å². The molecule has 4 nitrogen and oxygen atoms in total. The van der Waals surface area contributed by atoms with Gasteiger partial charge in [-0.2, -0.15) is 0 Å². The monoisotopic (exact) mass is 216 g/mol. The molecular formula is C12H16N4. The molecule has 0 radical (unpaired) electrons. The van der Waals surface area contributed by atoms with Crippen LogP contribution in [0.5, 0.6) is 0 Å². The van der Waals surface area contributed by atoms with E-state index in [2.05, 4.69) is 19.9 Å². The Morgan fingerprint density at radius 1 is 0.562 bits per heavy atom. The van der Waals surface area contributed by atoms with Gasteiger partial charge in [-0.1, -0.05) is 0 Å². The first-order valence-corrected chi connectivity index (χ1v) is 5.09. The van der Waals surface area contributed by atoms with Crippen molar-refractivity contribution in [3.05, 3.63) is 47.6 Å². The Balaban J connectivity index is 0.000000181. The number of hydrogen-bond donors (Lipinski definition) is 0. The first kappa shape index (κ1) is 12.2. The van der Waals surface area contributed by atoms with Gasteiger partial charge >= 0.3 is 0 Å². The molecule has 0 spiro atoms. The smallest absolute Gasteiger partial charge is 0.0588 e. The van der Waals surface area contributed by atoms with E-state index in [1.807, 2.05) is 27.7 Å². The molecule has 0 aromatic carbocycles. The summed E-state index contributed by atoms with van der Waals surface area (Å²) in [4.78, 5) is 16.1. The molecule has 0 fully saturated rings. The molecular weight excluding hydrogens is 200 g/mol. The summed E-state index contributed by atoms with van der Waals surface area (Å²) in [7, 11) is 0. The second-order valence-electron chi connectivity index (χ2n) is 3.46. The van der Waals surface area contributed by atoms with Gasteiger partial charge in [0.15, 0.2) is 0 Å². The zero-order chi connectivity index (χ0) is 12.0. The minimum Gasteiger partial charge on any atom is -0.262 e. The van der Waals surface area contributed by atoms with Crippen LogP contribution >= 0.6 is 0 Å².